The zero-order valence-corrected chi connectivity index (χ0v) is 10.2. The standard InChI is InChI=1S/C14H9F2NS/c15-13-3-1-2-11(14(13)16)9-18-12-6-4-10(8-17)5-7-12/h1-7H,9H2. The van der Waals surface area contributed by atoms with Crippen LogP contribution in [-0.2, 0) is 5.75 Å². The van der Waals surface area contributed by atoms with Crippen molar-refractivity contribution >= 4 is 11.8 Å². The molecule has 0 aliphatic heterocycles. The molecule has 0 heterocycles. The maximum atomic E-state index is 13.4. The first-order valence-electron chi connectivity index (χ1n) is 5.26. The highest BCUT2D eigenvalue weighted by Gasteiger charge is 2.07. The summed E-state index contributed by atoms with van der Waals surface area (Å²) in [7, 11) is 0. The van der Waals surface area contributed by atoms with Gasteiger partial charge in [0.05, 0.1) is 11.6 Å². The number of hydrogen-bond acceptors (Lipinski definition) is 2. The third-order valence-corrected chi connectivity index (χ3v) is 3.47. The van der Waals surface area contributed by atoms with E-state index in [9.17, 15) is 8.78 Å². The highest BCUT2D eigenvalue weighted by molar-refractivity contribution is 7.98. The van der Waals surface area contributed by atoms with Gasteiger partial charge in [0.1, 0.15) is 0 Å². The average molecular weight is 261 g/mol. The van der Waals surface area contributed by atoms with Crippen molar-refractivity contribution in [3.63, 3.8) is 0 Å². The minimum atomic E-state index is -0.826. The lowest BCUT2D eigenvalue weighted by Crippen LogP contribution is -1.91. The van der Waals surface area contributed by atoms with Crippen LogP contribution in [0.3, 0.4) is 0 Å². The number of rotatable bonds is 3. The second kappa shape index (κ2) is 5.65. The van der Waals surface area contributed by atoms with Crippen molar-refractivity contribution < 1.29 is 8.78 Å². The van der Waals surface area contributed by atoms with Crippen LogP contribution in [0.15, 0.2) is 47.4 Å². The van der Waals surface area contributed by atoms with Gasteiger partial charge in [0.2, 0.25) is 0 Å². The Morgan fingerprint density at radius 2 is 1.78 bits per heavy atom. The summed E-state index contributed by atoms with van der Waals surface area (Å²) in [4.78, 5) is 0.915. The van der Waals surface area contributed by atoms with Crippen LogP contribution in [-0.4, -0.2) is 0 Å². The fraction of sp³-hybridized carbons (Fsp3) is 0.0714. The zero-order chi connectivity index (χ0) is 13.0. The molecule has 1 nitrogen and oxygen atoms in total. The summed E-state index contributed by atoms with van der Waals surface area (Å²) >= 11 is 1.40. The van der Waals surface area contributed by atoms with Gasteiger partial charge in [0.15, 0.2) is 11.6 Å². The molecule has 4 heteroatoms. The Labute approximate surface area is 108 Å². The van der Waals surface area contributed by atoms with Crippen LogP contribution in [0.25, 0.3) is 0 Å². The summed E-state index contributed by atoms with van der Waals surface area (Å²) in [5.41, 5.74) is 0.917. The second-order valence-corrected chi connectivity index (χ2v) is 4.69. The third-order valence-electron chi connectivity index (χ3n) is 2.41. The van der Waals surface area contributed by atoms with Gasteiger partial charge in [-0.05, 0) is 30.3 Å². The summed E-state index contributed by atoms with van der Waals surface area (Å²) in [6.45, 7) is 0. The number of hydrogen-bond donors (Lipinski definition) is 0. The molecule has 0 aliphatic carbocycles. The molecule has 90 valence electrons. The molecule has 0 aromatic heterocycles. The SMILES string of the molecule is N#Cc1ccc(SCc2cccc(F)c2F)cc1. The Bertz CT molecular complexity index is 588. The van der Waals surface area contributed by atoms with Gasteiger partial charge in [-0.2, -0.15) is 5.26 Å². The Morgan fingerprint density at radius 3 is 2.44 bits per heavy atom. The summed E-state index contributed by atoms with van der Waals surface area (Å²) in [5.74, 6) is -1.26. The molecular weight excluding hydrogens is 252 g/mol. The zero-order valence-electron chi connectivity index (χ0n) is 9.36. The summed E-state index contributed by atoms with van der Waals surface area (Å²) < 4.78 is 26.4. The van der Waals surface area contributed by atoms with Crippen molar-refractivity contribution in [2.24, 2.45) is 0 Å². The van der Waals surface area contributed by atoms with E-state index in [1.165, 1.54) is 17.8 Å². The van der Waals surface area contributed by atoms with Crippen molar-refractivity contribution in [2.75, 3.05) is 0 Å². The third kappa shape index (κ3) is 2.88. The molecule has 0 amide bonds. The van der Waals surface area contributed by atoms with Gasteiger partial charge < -0.3 is 0 Å². The average Bonchev–Trinajstić information content (AvgIpc) is 2.41. The van der Waals surface area contributed by atoms with E-state index in [1.807, 2.05) is 6.07 Å². The monoisotopic (exact) mass is 261 g/mol. The van der Waals surface area contributed by atoms with E-state index in [2.05, 4.69) is 0 Å². The molecule has 0 unspecified atom stereocenters. The van der Waals surface area contributed by atoms with E-state index in [0.717, 1.165) is 11.0 Å². The second-order valence-electron chi connectivity index (χ2n) is 3.64. The number of nitriles is 1. The molecule has 0 fully saturated rings. The molecule has 18 heavy (non-hydrogen) atoms. The normalized spacial score (nSPS) is 10.1. The van der Waals surface area contributed by atoms with Crippen molar-refractivity contribution in [3.05, 3.63) is 65.2 Å². The van der Waals surface area contributed by atoms with Gasteiger partial charge in [-0.15, -0.1) is 11.8 Å². The van der Waals surface area contributed by atoms with Crippen molar-refractivity contribution in [1.82, 2.24) is 0 Å². The highest BCUT2D eigenvalue weighted by atomic mass is 32.2. The Balaban J connectivity index is 2.07. The quantitative estimate of drug-likeness (QED) is 0.776. The van der Waals surface area contributed by atoms with Gasteiger partial charge in [0, 0.05) is 16.2 Å². The van der Waals surface area contributed by atoms with E-state index in [1.54, 1.807) is 30.3 Å². The predicted octanol–water partition coefficient (Wildman–Crippen LogP) is 4.13. The lowest BCUT2D eigenvalue weighted by Gasteiger charge is -2.04. The molecule has 0 atom stereocenters. The number of halogens is 2. The van der Waals surface area contributed by atoms with Crippen LogP contribution in [0.4, 0.5) is 8.78 Å². The first-order valence-corrected chi connectivity index (χ1v) is 6.25. The molecule has 0 N–H and O–H groups in total. The maximum Gasteiger partial charge on any atom is 0.162 e. The molecular formula is C14H9F2NS. The lowest BCUT2D eigenvalue weighted by molar-refractivity contribution is 0.502. The molecule has 2 aromatic rings. The van der Waals surface area contributed by atoms with Crippen LogP contribution < -0.4 is 0 Å². The fourth-order valence-corrected chi connectivity index (χ4v) is 2.32. The summed E-state index contributed by atoms with van der Waals surface area (Å²) in [5, 5.41) is 8.66. The van der Waals surface area contributed by atoms with Gasteiger partial charge in [-0.25, -0.2) is 8.78 Å². The van der Waals surface area contributed by atoms with Gasteiger partial charge in [0.25, 0.3) is 0 Å². The topological polar surface area (TPSA) is 23.8 Å². The molecule has 0 spiro atoms. The molecule has 0 bridgehead atoms. The lowest BCUT2D eigenvalue weighted by atomic mass is 10.2. The van der Waals surface area contributed by atoms with Crippen LogP contribution in [0.1, 0.15) is 11.1 Å². The molecule has 0 saturated carbocycles. The molecule has 0 radical (unpaired) electrons. The predicted molar refractivity (Wildman–Crippen MR) is 67.1 cm³/mol. The van der Waals surface area contributed by atoms with Crippen LogP contribution >= 0.6 is 11.8 Å². The largest absolute Gasteiger partial charge is 0.204 e. The van der Waals surface area contributed by atoms with Crippen LogP contribution in [0.2, 0.25) is 0 Å². The van der Waals surface area contributed by atoms with E-state index in [0.29, 0.717) is 16.9 Å². The first kappa shape index (κ1) is 12.6. The minimum absolute atomic E-state index is 0.337. The minimum Gasteiger partial charge on any atom is -0.204 e. The molecule has 0 aliphatic rings. The highest BCUT2D eigenvalue weighted by Crippen LogP contribution is 2.25. The van der Waals surface area contributed by atoms with Crippen LogP contribution in [0.5, 0.6) is 0 Å². The fourth-order valence-electron chi connectivity index (χ4n) is 1.45. The number of thioether (sulfide) groups is 1. The maximum absolute atomic E-state index is 13.4. The van der Waals surface area contributed by atoms with Crippen molar-refractivity contribution in [2.45, 2.75) is 10.6 Å². The van der Waals surface area contributed by atoms with E-state index >= 15 is 0 Å². The van der Waals surface area contributed by atoms with Crippen LogP contribution in [0, 0.1) is 23.0 Å². The number of benzene rings is 2. The smallest absolute Gasteiger partial charge is 0.162 e. The van der Waals surface area contributed by atoms with Crippen molar-refractivity contribution in [1.29, 1.82) is 5.26 Å². The Morgan fingerprint density at radius 1 is 1.06 bits per heavy atom. The molecule has 2 aromatic carbocycles. The summed E-state index contributed by atoms with van der Waals surface area (Å²) in [6.07, 6.45) is 0. The molecule has 2 rings (SSSR count). The van der Waals surface area contributed by atoms with Gasteiger partial charge in [-0.3, -0.25) is 0 Å². The van der Waals surface area contributed by atoms with E-state index in [-0.39, 0.29) is 0 Å². The van der Waals surface area contributed by atoms with Crippen molar-refractivity contribution in [3.8, 4) is 6.07 Å². The Kier molecular flexibility index (Phi) is 3.96. The Hall–Kier alpha value is -1.86. The van der Waals surface area contributed by atoms with Gasteiger partial charge in [-0.1, -0.05) is 12.1 Å². The first-order chi connectivity index (χ1) is 8.70. The van der Waals surface area contributed by atoms with Gasteiger partial charge >= 0.3 is 0 Å². The molecule has 0 saturated heterocycles. The summed E-state index contributed by atoms with van der Waals surface area (Å²) in [6, 6.07) is 13.2. The van der Waals surface area contributed by atoms with E-state index < -0.39 is 11.6 Å². The van der Waals surface area contributed by atoms with E-state index in [4.69, 9.17) is 5.26 Å². The number of nitrogens with zero attached hydrogens (tertiary/aromatic N) is 1.